The van der Waals surface area contributed by atoms with Crippen molar-refractivity contribution in [1.82, 2.24) is 9.80 Å². The van der Waals surface area contributed by atoms with Gasteiger partial charge >= 0.3 is 5.97 Å². The van der Waals surface area contributed by atoms with Gasteiger partial charge in [-0.25, -0.2) is 4.79 Å². The summed E-state index contributed by atoms with van der Waals surface area (Å²) >= 11 is 0. The maximum atomic E-state index is 12.9. The first-order valence-corrected chi connectivity index (χ1v) is 9.37. The van der Waals surface area contributed by atoms with Crippen LogP contribution in [0.4, 0.5) is 0 Å². The first-order valence-electron chi connectivity index (χ1n) is 9.37. The summed E-state index contributed by atoms with van der Waals surface area (Å²) < 4.78 is 0. The Balaban J connectivity index is 1.72. The van der Waals surface area contributed by atoms with Crippen LogP contribution in [0, 0.1) is 0 Å². The molecule has 0 saturated heterocycles. The number of carboxylic acids is 1. The van der Waals surface area contributed by atoms with Crippen molar-refractivity contribution in [3.63, 3.8) is 0 Å². The van der Waals surface area contributed by atoms with Crippen LogP contribution >= 0.6 is 0 Å². The standard InChI is InChI=1S/C22H24N2O4/c1-16(25)23(13-11-17-7-3-2-4-8-17)15-20(26)24-14-12-18-9-5-6-10-19(18)21(24)22(27)28/h2-10,21H,11-15H2,1H3,(H,27,28). The molecule has 0 bridgehead atoms. The Morgan fingerprint density at radius 1 is 1.07 bits per heavy atom. The van der Waals surface area contributed by atoms with Crippen molar-refractivity contribution in [3.8, 4) is 0 Å². The topological polar surface area (TPSA) is 77.9 Å². The van der Waals surface area contributed by atoms with Crippen molar-refractivity contribution in [2.24, 2.45) is 0 Å². The number of rotatable bonds is 6. The minimum atomic E-state index is -1.06. The van der Waals surface area contributed by atoms with E-state index in [1.807, 2.05) is 42.5 Å². The van der Waals surface area contributed by atoms with E-state index in [-0.39, 0.29) is 18.4 Å². The smallest absolute Gasteiger partial charge is 0.331 e. The molecule has 28 heavy (non-hydrogen) atoms. The predicted octanol–water partition coefficient (Wildman–Crippen LogP) is 2.29. The molecule has 1 heterocycles. The highest BCUT2D eigenvalue weighted by atomic mass is 16.4. The second-order valence-corrected chi connectivity index (χ2v) is 6.95. The molecule has 0 aliphatic carbocycles. The van der Waals surface area contributed by atoms with Crippen molar-refractivity contribution in [3.05, 3.63) is 71.3 Å². The summed E-state index contributed by atoms with van der Waals surface area (Å²) in [5.41, 5.74) is 2.68. The molecule has 3 rings (SSSR count). The number of nitrogens with zero attached hydrogens (tertiary/aromatic N) is 2. The first kappa shape index (κ1) is 19.6. The van der Waals surface area contributed by atoms with Gasteiger partial charge in [-0.3, -0.25) is 9.59 Å². The minimum absolute atomic E-state index is 0.117. The Bertz CT molecular complexity index is 866. The SMILES string of the molecule is CC(=O)N(CCc1ccccc1)CC(=O)N1CCc2ccccc2C1C(=O)O. The highest BCUT2D eigenvalue weighted by Crippen LogP contribution is 2.30. The summed E-state index contributed by atoms with van der Waals surface area (Å²) in [5, 5.41) is 9.73. The molecule has 0 aromatic heterocycles. The zero-order chi connectivity index (χ0) is 20.1. The van der Waals surface area contributed by atoms with Crippen LogP contribution in [0.2, 0.25) is 0 Å². The van der Waals surface area contributed by atoms with Gasteiger partial charge in [0.2, 0.25) is 11.8 Å². The Morgan fingerprint density at radius 3 is 2.43 bits per heavy atom. The van der Waals surface area contributed by atoms with Gasteiger partial charge in [0.25, 0.3) is 0 Å². The zero-order valence-corrected chi connectivity index (χ0v) is 15.9. The van der Waals surface area contributed by atoms with E-state index in [0.717, 1.165) is 11.1 Å². The summed E-state index contributed by atoms with van der Waals surface area (Å²) in [7, 11) is 0. The van der Waals surface area contributed by atoms with E-state index in [0.29, 0.717) is 31.5 Å². The fraction of sp³-hybridized carbons (Fsp3) is 0.318. The van der Waals surface area contributed by atoms with Gasteiger partial charge in [-0.15, -0.1) is 0 Å². The Morgan fingerprint density at radius 2 is 1.75 bits per heavy atom. The van der Waals surface area contributed by atoms with Gasteiger partial charge in [0.1, 0.15) is 0 Å². The summed E-state index contributed by atoms with van der Waals surface area (Å²) in [6, 6.07) is 16.0. The molecule has 1 N–H and O–H groups in total. The van der Waals surface area contributed by atoms with Crippen molar-refractivity contribution >= 4 is 17.8 Å². The quantitative estimate of drug-likeness (QED) is 0.834. The Kier molecular flexibility index (Phi) is 6.09. The van der Waals surface area contributed by atoms with Crippen LogP contribution in [0.25, 0.3) is 0 Å². The van der Waals surface area contributed by atoms with Gasteiger partial charge in [-0.1, -0.05) is 54.6 Å². The highest BCUT2D eigenvalue weighted by Gasteiger charge is 2.36. The van der Waals surface area contributed by atoms with Gasteiger partial charge in [0.05, 0.1) is 6.54 Å². The third-order valence-corrected chi connectivity index (χ3v) is 5.12. The van der Waals surface area contributed by atoms with Gasteiger partial charge in [-0.2, -0.15) is 0 Å². The van der Waals surface area contributed by atoms with Gasteiger partial charge < -0.3 is 14.9 Å². The average molecular weight is 380 g/mol. The third-order valence-electron chi connectivity index (χ3n) is 5.12. The van der Waals surface area contributed by atoms with Crippen LogP contribution in [0.3, 0.4) is 0 Å². The van der Waals surface area contributed by atoms with Gasteiger partial charge in [0.15, 0.2) is 6.04 Å². The summed E-state index contributed by atoms with van der Waals surface area (Å²) in [6.07, 6.45) is 1.24. The molecule has 2 aromatic rings. The van der Waals surface area contributed by atoms with E-state index in [9.17, 15) is 19.5 Å². The molecule has 146 valence electrons. The van der Waals surface area contributed by atoms with Crippen LogP contribution in [-0.2, 0) is 27.2 Å². The van der Waals surface area contributed by atoms with E-state index in [1.165, 1.54) is 16.7 Å². The molecular formula is C22H24N2O4. The molecule has 1 aliphatic heterocycles. The summed E-state index contributed by atoms with van der Waals surface area (Å²) in [4.78, 5) is 39.7. The minimum Gasteiger partial charge on any atom is -0.479 e. The highest BCUT2D eigenvalue weighted by molar-refractivity contribution is 5.88. The number of carboxylic acid groups (broad SMARTS) is 1. The maximum absolute atomic E-state index is 12.9. The zero-order valence-electron chi connectivity index (χ0n) is 15.9. The second kappa shape index (κ2) is 8.69. The van der Waals surface area contributed by atoms with Gasteiger partial charge in [0, 0.05) is 20.0 Å². The molecule has 1 atom stereocenters. The summed E-state index contributed by atoms with van der Waals surface area (Å²) in [5.74, 6) is -1.60. The number of benzene rings is 2. The van der Waals surface area contributed by atoms with Crippen LogP contribution < -0.4 is 0 Å². The van der Waals surface area contributed by atoms with E-state index >= 15 is 0 Å². The number of carbonyl (C=O) groups excluding carboxylic acids is 2. The molecule has 0 spiro atoms. The molecular weight excluding hydrogens is 356 g/mol. The third kappa shape index (κ3) is 4.39. The number of fused-ring (bicyclic) bond motifs is 1. The molecule has 2 aromatic carbocycles. The number of hydrogen-bond acceptors (Lipinski definition) is 3. The molecule has 6 heteroatoms. The number of hydrogen-bond donors (Lipinski definition) is 1. The first-order chi connectivity index (χ1) is 13.5. The lowest BCUT2D eigenvalue weighted by molar-refractivity contribution is -0.152. The fourth-order valence-electron chi connectivity index (χ4n) is 3.61. The molecule has 0 radical (unpaired) electrons. The van der Waals surface area contributed by atoms with Crippen LogP contribution in [0.15, 0.2) is 54.6 Å². The van der Waals surface area contributed by atoms with Gasteiger partial charge in [-0.05, 0) is 29.5 Å². The van der Waals surface area contributed by atoms with Crippen molar-refractivity contribution in [2.75, 3.05) is 19.6 Å². The molecule has 1 aliphatic rings. The Hall–Kier alpha value is -3.15. The second-order valence-electron chi connectivity index (χ2n) is 6.95. The summed E-state index contributed by atoms with van der Waals surface area (Å²) in [6.45, 7) is 2.05. The number of amides is 2. The van der Waals surface area contributed by atoms with E-state index < -0.39 is 12.0 Å². The number of carbonyl (C=O) groups is 3. The van der Waals surface area contributed by atoms with Crippen LogP contribution in [-0.4, -0.2) is 52.3 Å². The molecule has 1 unspecified atom stereocenters. The van der Waals surface area contributed by atoms with E-state index in [2.05, 4.69) is 0 Å². The largest absolute Gasteiger partial charge is 0.479 e. The van der Waals surface area contributed by atoms with Crippen LogP contribution in [0.1, 0.15) is 29.7 Å². The molecule has 6 nitrogen and oxygen atoms in total. The lowest BCUT2D eigenvalue weighted by Crippen LogP contribution is -2.48. The van der Waals surface area contributed by atoms with Crippen molar-refractivity contribution in [1.29, 1.82) is 0 Å². The monoisotopic (exact) mass is 380 g/mol. The average Bonchev–Trinajstić information content (AvgIpc) is 2.70. The Labute approximate surface area is 164 Å². The lowest BCUT2D eigenvalue weighted by Gasteiger charge is -2.36. The maximum Gasteiger partial charge on any atom is 0.331 e. The van der Waals surface area contributed by atoms with E-state index in [4.69, 9.17) is 0 Å². The van der Waals surface area contributed by atoms with Crippen molar-refractivity contribution < 1.29 is 19.5 Å². The normalized spacial score (nSPS) is 15.6. The molecule has 2 amide bonds. The van der Waals surface area contributed by atoms with Crippen LogP contribution in [0.5, 0.6) is 0 Å². The molecule has 0 saturated carbocycles. The number of aliphatic carboxylic acids is 1. The molecule has 0 fully saturated rings. The fourth-order valence-corrected chi connectivity index (χ4v) is 3.61. The predicted molar refractivity (Wildman–Crippen MR) is 105 cm³/mol. The lowest BCUT2D eigenvalue weighted by atomic mass is 9.92. The van der Waals surface area contributed by atoms with Crippen molar-refractivity contribution in [2.45, 2.75) is 25.8 Å². The van der Waals surface area contributed by atoms with E-state index in [1.54, 1.807) is 12.1 Å².